The lowest BCUT2D eigenvalue weighted by Crippen LogP contribution is -1.85. The van der Waals surface area contributed by atoms with Crippen LogP contribution in [0.3, 0.4) is 0 Å². The van der Waals surface area contributed by atoms with Gasteiger partial charge in [0.15, 0.2) is 0 Å². The van der Waals surface area contributed by atoms with Crippen LogP contribution in [0.5, 0.6) is 0 Å². The maximum Gasteiger partial charge on any atom is 0.130 e. The zero-order valence-electron chi connectivity index (χ0n) is 4.27. The predicted octanol–water partition coefficient (Wildman–Crippen LogP) is 0.879. The molecule has 38 valence electrons. The van der Waals surface area contributed by atoms with Gasteiger partial charge in [-0.1, -0.05) is 0 Å². The van der Waals surface area contributed by atoms with Gasteiger partial charge in [0, 0.05) is 12.8 Å². The minimum absolute atomic E-state index is 0.0848. The van der Waals surface area contributed by atoms with Gasteiger partial charge in [0.2, 0.25) is 0 Å². The Hall–Kier alpha value is -0.840. The number of nitriles is 1. The largest absolute Gasteiger partial charge is 0.300 e. The molecule has 0 unspecified atom stereocenters. The molecule has 0 aromatic rings. The fourth-order valence-electron chi connectivity index (χ4n) is 0.232. The van der Waals surface area contributed by atoms with Gasteiger partial charge >= 0.3 is 0 Å². The Morgan fingerprint density at radius 3 is 2.57 bits per heavy atom. The molecule has 0 spiro atoms. The van der Waals surface area contributed by atoms with Gasteiger partial charge in [-0.3, -0.25) is 4.79 Å². The molecule has 0 atom stereocenters. The van der Waals surface area contributed by atoms with E-state index in [4.69, 9.17) is 5.26 Å². The number of Topliss-reactive ketones (excluding diaryl/α,β-unsaturated/α-hetero) is 1. The maximum absolute atomic E-state index is 10.1. The molecule has 0 aliphatic heterocycles. The topological polar surface area (TPSA) is 40.9 Å². The lowest BCUT2D eigenvalue weighted by Gasteiger charge is -1.78. The highest BCUT2D eigenvalue weighted by atomic mass is 16.1. The lowest BCUT2D eigenvalue weighted by atomic mass is 10.2. The standard InChI is InChI=1S/C5H7NO/c1-5(7)3-2-4-6/h2-3H2,1H3. The van der Waals surface area contributed by atoms with E-state index in [0.29, 0.717) is 12.8 Å². The normalized spacial score (nSPS) is 7.43. The van der Waals surface area contributed by atoms with Crippen LogP contribution in [-0.4, -0.2) is 5.78 Å². The van der Waals surface area contributed by atoms with Crippen LogP contribution in [0, 0.1) is 11.3 Å². The highest BCUT2D eigenvalue weighted by molar-refractivity contribution is 5.75. The van der Waals surface area contributed by atoms with Gasteiger partial charge in [-0.05, 0) is 6.92 Å². The third-order valence-electron chi connectivity index (χ3n) is 0.589. The number of ketones is 1. The number of rotatable bonds is 2. The number of hydrogen-bond acceptors (Lipinski definition) is 2. The summed E-state index contributed by atoms with van der Waals surface area (Å²) in [6.07, 6.45) is 0.756. The van der Waals surface area contributed by atoms with E-state index in [0.717, 1.165) is 0 Å². The maximum atomic E-state index is 10.1. The van der Waals surface area contributed by atoms with Crippen LogP contribution in [0.2, 0.25) is 0 Å². The summed E-state index contributed by atoms with van der Waals surface area (Å²) >= 11 is 0. The first-order chi connectivity index (χ1) is 3.27. The van der Waals surface area contributed by atoms with Crippen molar-refractivity contribution in [1.82, 2.24) is 0 Å². The number of carbonyl (C=O) groups is 1. The molecule has 0 bridgehead atoms. The van der Waals surface area contributed by atoms with Crippen molar-refractivity contribution >= 4 is 5.78 Å². The minimum Gasteiger partial charge on any atom is -0.300 e. The molecule has 7 heavy (non-hydrogen) atoms. The van der Waals surface area contributed by atoms with Crippen LogP contribution in [0.4, 0.5) is 0 Å². The Morgan fingerprint density at radius 2 is 2.43 bits per heavy atom. The number of carbonyl (C=O) groups excluding carboxylic acids is 1. The van der Waals surface area contributed by atoms with Gasteiger partial charge in [-0.25, -0.2) is 0 Å². The zero-order chi connectivity index (χ0) is 5.70. The summed E-state index contributed by atoms with van der Waals surface area (Å²) in [5, 5.41) is 7.91. The monoisotopic (exact) mass is 97.1 g/mol. The molecule has 0 rings (SSSR count). The van der Waals surface area contributed by atoms with Gasteiger partial charge < -0.3 is 0 Å². The molecule has 0 heterocycles. The molecule has 0 amide bonds. The van der Waals surface area contributed by atoms with E-state index in [-0.39, 0.29) is 5.78 Å². The average Bonchev–Trinajstić information content (AvgIpc) is 1.61. The van der Waals surface area contributed by atoms with Crippen molar-refractivity contribution in [3.8, 4) is 6.07 Å². The van der Waals surface area contributed by atoms with Crippen molar-refractivity contribution in [1.29, 1.82) is 5.26 Å². The van der Waals surface area contributed by atoms with E-state index >= 15 is 0 Å². The van der Waals surface area contributed by atoms with Crippen molar-refractivity contribution in [3.05, 3.63) is 0 Å². The highest BCUT2D eigenvalue weighted by Gasteiger charge is 1.87. The fraction of sp³-hybridized carbons (Fsp3) is 0.600. The fourth-order valence-corrected chi connectivity index (χ4v) is 0.232. The quantitative estimate of drug-likeness (QED) is 0.513. The number of hydrogen-bond donors (Lipinski definition) is 0. The lowest BCUT2D eigenvalue weighted by molar-refractivity contribution is -0.116. The van der Waals surface area contributed by atoms with Crippen LogP contribution in [-0.2, 0) is 4.79 Å². The Kier molecular flexibility index (Phi) is 2.95. The summed E-state index contributed by atoms with van der Waals surface area (Å²) in [5.74, 6) is 0.0848. The van der Waals surface area contributed by atoms with Crippen molar-refractivity contribution in [2.45, 2.75) is 19.8 Å². The second-order valence-electron chi connectivity index (χ2n) is 1.36. The zero-order valence-corrected chi connectivity index (χ0v) is 4.27. The molecule has 0 fully saturated rings. The van der Waals surface area contributed by atoms with E-state index in [2.05, 4.69) is 0 Å². The molecular weight excluding hydrogens is 90.1 g/mol. The molecule has 0 N–H and O–H groups in total. The van der Waals surface area contributed by atoms with Crippen LogP contribution in [0.25, 0.3) is 0 Å². The first-order valence-electron chi connectivity index (χ1n) is 2.13. The van der Waals surface area contributed by atoms with Crippen molar-refractivity contribution in [2.75, 3.05) is 0 Å². The van der Waals surface area contributed by atoms with Crippen molar-refractivity contribution in [2.24, 2.45) is 0 Å². The summed E-state index contributed by atoms with van der Waals surface area (Å²) in [6.45, 7) is 1.48. The second-order valence-corrected chi connectivity index (χ2v) is 1.36. The van der Waals surface area contributed by atoms with Gasteiger partial charge in [-0.2, -0.15) is 5.26 Å². The van der Waals surface area contributed by atoms with Crippen molar-refractivity contribution in [3.63, 3.8) is 0 Å². The first-order valence-corrected chi connectivity index (χ1v) is 2.13. The molecule has 2 heteroatoms. The van der Waals surface area contributed by atoms with Gasteiger partial charge in [-0.15, -0.1) is 0 Å². The summed E-state index contributed by atoms with van der Waals surface area (Å²) in [4.78, 5) is 10.1. The molecule has 2 nitrogen and oxygen atoms in total. The molecule has 0 aromatic heterocycles. The Morgan fingerprint density at radius 1 is 1.86 bits per heavy atom. The Bertz CT molecular complexity index is 101. The molecule has 0 aliphatic carbocycles. The smallest absolute Gasteiger partial charge is 0.130 e. The first kappa shape index (κ1) is 6.16. The van der Waals surface area contributed by atoms with Crippen LogP contribution < -0.4 is 0 Å². The summed E-state index contributed by atoms with van der Waals surface area (Å²) < 4.78 is 0. The molecule has 0 aromatic carbocycles. The van der Waals surface area contributed by atoms with E-state index < -0.39 is 0 Å². The Labute approximate surface area is 42.8 Å². The van der Waals surface area contributed by atoms with Crippen molar-refractivity contribution < 1.29 is 4.79 Å². The molecule has 0 saturated heterocycles. The van der Waals surface area contributed by atoms with Gasteiger partial charge in [0.1, 0.15) is 5.78 Å². The Balaban J connectivity index is 3.02. The van der Waals surface area contributed by atoms with Crippen LogP contribution in [0.1, 0.15) is 19.8 Å². The third-order valence-corrected chi connectivity index (χ3v) is 0.589. The van der Waals surface area contributed by atoms with E-state index in [9.17, 15) is 4.79 Å². The van der Waals surface area contributed by atoms with E-state index in [1.165, 1.54) is 6.92 Å². The van der Waals surface area contributed by atoms with Gasteiger partial charge in [0.25, 0.3) is 0 Å². The highest BCUT2D eigenvalue weighted by Crippen LogP contribution is 1.84. The van der Waals surface area contributed by atoms with Gasteiger partial charge in [0.05, 0.1) is 6.07 Å². The molecule has 0 radical (unpaired) electrons. The molecule has 0 aliphatic rings. The summed E-state index contributed by atoms with van der Waals surface area (Å²) in [6, 6.07) is 1.88. The summed E-state index contributed by atoms with van der Waals surface area (Å²) in [5.41, 5.74) is 0. The summed E-state index contributed by atoms with van der Waals surface area (Å²) in [7, 11) is 0. The minimum atomic E-state index is 0.0848. The third kappa shape index (κ3) is 5.16. The predicted molar refractivity (Wildman–Crippen MR) is 25.5 cm³/mol. The second kappa shape index (κ2) is 3.35. The SMILES string of the molecule is CC(=O)CCC#N. The van der Waals surface area contributed by atoms with Crippen LogP contribution >= 0.6 is 0 Å². The number of nitrogens with zero attached hydrogens (tertiary/aromatic N) is 1. The van der Waals surface area contributed by atoms with E-state index in [1.54, 1.807) is 0 Å². The molecular formula is C5H7NO. The van der Waals surface area contributed by atoms with E-state index in [1.807, 2.05) is 6.07 Å². The molecule has 0 saturated carbocycles. The average molecular weight is 97.1 g/mol. The van der Waals surface area contributed by atoms with Crippen LogP contribution in [0.15, 0.2) is 0 Å².